The highest BCUT2D eigenvalue weighted by molar-refractivity contribution is 9.10. The molecule has 0 aliphatic rings. The minimum atomic E-state index is -0.198. The van der Waals surface area contributed by atoms with E-state index in [1.165, 1.54) is 11.8 Å². The lowest BCUT2D eigenvalue weighted by molar-refractivity contribution is 0.597. The third-order valence-electron chi connectivity index (χ3n) is 3.62. The summed E-state index contributed by atoms with van der Waals surface area (Å²) in [6.45, 7) is 2.44. The second kappa shape index (κ2) is 8.70. The SMILES string of the molecule is CCn1c(SCc2ccc(Br)cc2)nnc(Nc2ccc(Cl)cc2)c1=O. The molecule has 0 radical (unpaired) electrons. The van der Waals surface area contributed by atoms with E-state index in [0.717, 1.165) is 15.7 Å². The topological polar surface area (TPSA) is 59.8 Å². The maximum absolute atomic E-state index is 12.7. The minimum absolute atomic E-state index is 0.196. The first-order chi connectivity index (χ1) is 12.6. The maximum atomic E-state index is 12.7. The smallest absolute Gasteiger partial charge is 0.297 e. The zero-order valence-corrected chi connectivity index (χ0v) is 17.1. The molecule has 0 unspecified atom stereocenters. The Morgan fingerprint density at radius 3 is 2.46 bits per heavy atom. The van der Waals surface area contributed by atoms with Crippen LogP contribution in [0, 0.1) is 0 Å². The molecule has 0 fully saturated rings. The molecule has 8 heteroatoms. The molecule has 26 heavy (non-hydrogen) atoms. The van der Waals surface area contributed by atoms with Gasteiger partial charge >= 0.3 is 0 Å². The largest absolute Gasteiger partial charge is 0.334 e. The molecule has 0 aliphatic heterocycles. The van der Waals surface area contributed by atoms with Gasteiger partial charge in [0.15, 0.2) is 5.16 Å². The van der Waals surface area contributed by atoms with E-state index >= 15 is 0 Å². The van der Waals surface area contributed by atoms with Crippen LogP contribution in [0.4, 0.5) is 11.5 Å². The van der Waals surface area contributed by atoms with Crippen LogP contribution in [0.1, 0.15) is 12.5 Å². The monoisotopic (exact) mass is 450 g/mol. The van der Waals surface area contributed by atoms with Crippen molar-refractivity contribution in [1.29, 1.82) is 0 Å². The van der Waals surface area contributed by atoms with Gasteiger partial charge in [-0.05, 0) is 48.9 Å². The summed E-state index contributed by atoms with van der Waals surface area (Å²) in [5, 5.41) is 12.5. The Hall–Kier alpha value is -1.83. The van der Waals surface area contributed by atoms with Crippen LogP contribution in [0.5, 0.6) is 0 Å². The number of nitrogens with one attached hydrogen (secondary N) is 1. The van der Waals surface area contributed by atoms with Crippen molar-refractivity contribution < 1.29 is 0 Å². The van der Waals surface area contributed by atoms with Crippen LogP contribution in [0.2, 0.25) is 5.02 Å². The maximum Gasteiger partial charge on any atom is 0.297 e. The summed E-state index contributed by atoms with van der Waals surface area (Å²) < 4.78 is 2.66. The zero-order chi connectivity index (χ0) is 18.5. The highest BCUT2D eigenvalue weighted by Gasteiger charge is 2.12. The van der Waals surface area contributed by atoms with E-state index in [2.05, 4.69) is 31.4 Å². The Morgan fingerprint density at radius 2 is 1.81 bits per heavy atom. The van der Waals surface area contributed by atoms with Crippen molar-refractivity contribution in [1.82, 2.24) is 14.8 Å². The van der Waals surface area contributed by atoms with Crippen LogP contribution in [0.15, 0.2) is 63.0 Å². The van der Waals surface area contributed by atoms with Gasteiger partial charge in [0.2, 0.25) is 5.82 Å². The van der Waals surface area contributed by atoms with E-state index in [0.29, 0.717) is 22.5 Å². The Bertz CT molecular complexity index is 945. The van der Waals surface area contributed by atoms with Crippen molar-refractivity contribution in [2.45, 2.75) is 24.4 Å². The summed E-state index contributed by atoms with van der Waals surface area (Å²) in [5.74, 6) is 0.910. The van der Waals surface area contributed by atoms with Crippen LogP contribution >= 0.6 is 39.3 Å². The number of benzene rings is 2. The van der Waals surface area contributed by atoms with Gasteiger partial charge in [0, 0.05) is 27.5 Å². The molecule has 0 saturated heterocycles. The van der Waals surface area contributed by atoms with Gasteiger partial charge in [-0.3, -0.25) is 9.36 Å². The van der Waals surface area contributed by atoms with Crippen molar-refractivity contribution in [3.05, 3.63) is 73.9 Å². The van der Waals surface area contributed by atoms with E-state index in [-0.39, 0.29) is 11.4 Å². The molecule has 3 aromatic rings. The average Bonchev–Trinajstić information content (AvgIpc) is 2.65. The first kappa shape index (κ1) is 18.9. The third-order valence-corrected chi connectivity index (χ3v) is 5.44. The Morgan fingerprint density at radius 1 is 1.12 bits per heavy atom. The highest BCUT2D eigenvalue weighted by Crippen LogP contribution is 2.22. The normalized spacial score (nSPS) is 10.7. The van der Waals surface area contributed by atoms with Gasteiger partial charge < -0.3 is 5.32 Å². The molecule has 0 bridgehead atoms. The molecular formula is C18H16BrClN4OS. The number of hydrogen-bond acceptors (Lipinski definition) is 5. The molecule has 1 N–H and O–H groups in total. The fourth-order valence-electron chi connectivity index (χ4n) is 2.27. The van der Waals surface area contributed by atoms with Crippen molar-refractivity contribution in [2.24, 2.45) is 0 Å². The van der Waals surface area contributed by atoms with E-state index in [4.69, 9.17) is 11.6 Å². The molecule has 0 spiro atoms. The minimum Gasteiger partial charge on any atom is -0.334 e. The summed E-state index contributed by atoms with van der Waals surface area (Å²) in [5.41, 5.74) is 1.69. The van der Waals surface area contributed by atoms with Crippen LogP contribution in [-0.2, 0) is 12.3 Å². The number of rotatable bonds is 6. The van der Waals surface area contributed by atoms with Crippen molar-refractivity contribution in [2.75, 3.05) is 5.32 Å². The fraction of sp³-hybridized carbons (Fsp3) is 0.167. The molecule has 3 rings (SSSR count). The zero-order valence-electron chi connectivity index (χ0n) is 13.9. The first-order valence-corrected chi connectivity index (χ1v) is 10.1. The molecule has 0 saturated carbocycles. The summed E-state index contributed by atoms with van der Waals surface area (Å²) in [6.07, 6.45) is 0. The van der Waals surface area contributed by atoms with Gasteiger partial charge in [0.05, 0.1) is 0 Å². The summed E-state index contributed by atoms with van der Waals surface area (Å²) in [7, 11) is 0. The van der Waals surface area contributed by atoms with Crippen molar-refractivity contribution >= 4 is 50.8 Å². The van der Waals surface area contributed by atoms with Gasteiger partial charge in [-0.2, -0.15) is 0 Å². The molecule has 5 nitrogen and oxygen atoms in total. The average molecular weight is 452 g/mol. The fourth-order valence-corrected chi connectivity index (χ4v) is 3.61. The van der Waals surface area contributed by atoms with Gasteiger partial charge in [0.25, 0.3) is 5.56 Å². The summed E-state index contributed by atoms with van der Waals surface area (Å²) in [4.78, 5) is 12.7. The lowest BCUT2D eigenvalue weighted by atomic mass is 10.2. The first-order valence-electron chi connectivity index (χ1n) is 7.94. The lowest BCUT2D eigenvalue weighted by Crippen LogP contribution is -2.26. The quantitative estimate of drug-likeness (QED) is 0.528. The van der Waals surface area contributed by atoms with E-state index in [9.17, 15) is 4.79 Å². The molecule has 134 valence electrons. The Labute approximate surface area is 168 Å². The van der Waals surface area contributed by atoms with Crippen LogP contribution in [-0.4, -0.2) is 14.8 Å². The van der Waals surface area contributed by atoms with Gasteiger partial charge in [-0.1, -0.05) is 51.4 Å². The number of nitrogens with zero attached hydrogens (tertiary/aromatic N) is 3. The molecule has 0 amide bonds. The van der Waals surface area contributed by atoms with Crippen molar-refractivity contribution in [3.8, 4) is 0 Å². The number of hydrogen-bond donors (Lipinski definition) is 1. The molecular weight excluding hydrogens is 436 g/mol. The summed E-state index contributed by atoms with van der Waals surface area (Å²) >= 11 is 10.8. The molecule has 0 atom stereocenters. The third kappa shape index (κ3) is 4.66. The molecule has 1 aromatic heterocycles. The lowest BCUT2D eigenvalue weighted by Gasteiger charge is -2.11. The predicted octanol–water partition coefficient (Wildman–Crippen LogP) is 5.11. The summed E-state index contributed by atoms with van der Waals surface area (Å²) in [6, 6.07) is 15.1. The number of halogens is 2. The molecule has 2 aromatic carbocycles. The van der Waals surface area contributed by atoms with E-state index in [1.807, 2.05) is 31.2 Å². The second-order valence-corrected chi connectivity index (χ2v) is 7.72. The standard InChI is InChI=1S/C18H16BrClN4OS/c1-2-24-17(25)16(21-15-9-7-14(20)8-10-15)22-23-18(24)26-11-12-3-5-13(19)6-4-12/h3-10H,2,11H2,1H3,(H,21,22). The molecule has 1 heterocycles. The number of thioether (sulfide) groups is 1. The van der Waals surface area contributed by atoms with Gasteiger partial charge in [-0.25, -0.2) is 0 Å². The number of anilines is 2. The van der Waals surface area contributed by atoms with Gasteiger partial charge in [0.1, 0.15) is 0 Å². The van der Waals surface area contributed by atoms with Crippen LogP contribution in [0.3, 0.4) is 0 Å². The van der Waals surface area contributed by atoms with E-state index in [1.54, 1.807) is 28.8 Å². The number of aromatic nitrogens is 3. The highest BCUT2D eigenvalue weighted by atomic mass is 79.9. The Balaban J connectivity index is 1.79. The Kier molecular flexibility index (Phi) is 6.34. The van der Waals surface area contributed by atoms with Gasteiger partial charge in [-0.15, -0.1) is 10.2 Å². The second-order valence-electron chi connectivity index (χ2n) is 5.43. The van der Waals surface area contributed by atoms with Crippen molar-refractivity contribution in [3.63, 3.8) is 0 Å². The van der Waals surface area contributed by atoms with E-state index < -0.39 is 0 Å². The van der Waals surface area contributed by atoms with Crippen LogP contribution < -0.4 is 10.9 Å². The molecule has 0 aliphatic carbocycles. The van der Waals surface area contributed by atoms with Crippen LogP contribution in [0.25, 0.3) is 0 Å². The predicted molar refractivity (Wildman–Crippen MR) is 110 cm³/mol.